The standard InChI is InChI=1S/C19H16N2O2S.HI/c1-13-11-15-12-16(9-10-18(15)20-13)21-24(22,23)19-8-4-6-14-5-2-3-7-17(14)19;/h2-12,20-21H,1H3;1H. The van der Waals surface area contributed by atoms with Gasteiger partial charge in [0.05, 0.1) is 4.90 Å². The Morgan fingerprint density at radius 3 is 2.48 bits per heavy atom. The Balaban J connectivity index is 0.00000182. The van der Waals surface area contributed by atoms with Crippen LogP contribution >= 0.6 is 24.0 Å². The van der Waals surface area contributed by atoms with Crippen LogP contribution in [0.1, 0.15) is 5.69 Å². The summed E-state index contributed by atoms with van der Waals surface area (Å²) < 4.78 is 28.4. The molecule has 0 radical (unpaired) electrons. The lowest BCUT2D eigenvalue weighted by Crippen LogP contribution is -2.13. The average molecular weight is 464 g/mol. The van der Waals surface area contributed by atoms with Crippen LogP contribution in [0.5, 0.6) is 0 Å². The molecule has 0 aliphatic heterocycles. The molecule has 6 heteroatoms. The van der Waals surface area contributed by atoms with Gasteiger partial charge in [-0.15, -0.1) is 24.0 Å². The van der Waals surface area contributed by atoms with E-state index in [1.54, 1.807) is 18.2 Å². The molecule has 128 valence electrons. The van der Waals surface area contributed by atoms with Gasteiger partial charge in [-0.05, 0) is 42.6 Å². The normalized spacial score (nSPS) is 11.4. The van der Waals surface area contributed by atoms with Crippen molar-refractivity contribution >= 4 is 61.4 Å². The number of halogens is 1. The summed E-state index contributed by atoms with van der Waals surface area (Å²) >= 11 is 0. The number of hydrogen-bond donors (Lipinski definition) is 2. The van der Waals surface area contributed by atoms with Crippen molar-refractivity contribution in [3.63, 3.8) is 0 Å². The summed E-state index contributed by atoms with van der Waals surface area (Å²) in [5.41, 5.74) is 2.58. The lowest BCUT2D eigenvalue weighted by atomic mass is 10.1. The highest BCUT2D eigenvalue weighted by molar-refractivity contribution is 14.0. The molecule has 0 aliphatic rings. The maximum Gasteiger partial charge on any atom is 0.262 e. The van der Waals surface area contributed by atoms with Gasteiger partial charge in [-0.25, -0.2) is 8.42 Å². The van der Waals surface area contributed by atoms with Crippen LogP contribution < -0.4 is 4.72 Å². The van der Waals surface area contributed by atoms with Crippen LogP contribution in [-0.2, 0) is 10.0 Å². The van der Waals surface area contributed by atoms with Crippen molar-refractivity contribution in [1.82, 2.24) is 4.98 Å². The molecule has 0 amide bonds. The summed E-state index contributed by atoms with van der Waals surface area (Å²) in [5, 5.41) is 2.59. The number of aromatic amines is 1. The average Bonchev–Trinajstić information content (AvgIpc) is 2.93. The van der Waals surface area contributed by atoms with Crippen LogP contribution in [-0.4, -0.2) is 13.4 Å². The molecule has 4 rings (SSSR count). The highest BCUT2D eigenvalue weighted by Gasteiger charge is 2.17. The largest absolute Gasteiger partial charge is 0.359 e. The fourth-order valence-electron chi connectivity index (χ4n) is 2.98. The molecule has 0 saturated carbocycles. The van der Waals surface area contributed by atoms with Crippen molar-refractivity contribution in [2.75, 3.05) is 4.72 Å². The van der Waals surface area contributed by atoms with E-state index in [-0.39, 0.29) is 28.9 Å². The van der Waals surface area contributed by atoms with E-state index in [2.05, 4.69) is 9.71 Å². The molecule has 3 aromatic carbocycles. The summed E-state index contributed by atoms with van der Waals surface area (Å²) in [6.45, 7) is 1.97. The number of fused-ring (bicyclic) bond motifs is 2. The third-order valence-electron chi connectivity index (χ3n) is 4.05. The zero-order valence-electron chi connectivity index (χ0n) is 13.5. The monoisotopic (exact) mass is 464 g/mol. The van der Waals surface area contributed by atoms with Crippen molar-refractivity contribution in [2.24, 2.45) is 0 Å². The number of sulfonamides is 1. The summed E-state index contributed by atoms with van der Waals surface area (Å²) in [6.07, 6.45) is 0. The third kappa shape index (κ3) is 3.36. The first-order valence-corrected chi connectivity index (χ1v) is 9.11. The molecule has 1 aromatic heterocycles. The van der Waals surface area contributed by atoms with E-state index in [1.165, 1.54) is 0 Å². The van der Waals surface area contributed by atoms with Crippen molar-refractivity contribution in [2.45, 2.75) is 11.8 Å². The number of H-pyrrole nitrogens is 1. The number of anilines is 1. The van der Waals surface area contributed by atoms with Crippen LogP contribution in [0.4, 0.5) is 5.69 Å². The van der Waals surface area contributed by atoms with Gasteiger partial charge in [0.1, 0.15) is 0 Å². The van der Waals surface area contributed by atoms with E-state index in [0.29, 0.717) is 11.1 Å². The summed E-state index contributed by atoms with van der Waals surface area (Å²) in [5.74, 6) is 0. The Kier molecular flexibility index (Phi) is 4.75. The number of aromatic nitrogens is 1. The molecule has 4 nitrogen and oxygen atoms in total. The molecule has 4 aromatic rings. The van der Waals surface area contributed by atoms with Gasteiger partial charge in [0.2, 0.25) is 0 Å². The molecule has 0 fully saturated rings. The maximum absolute atomic E-state index is 12.8. The predicted octanol–water partition coefficient (Wildman–Crippen LogP) is 5.05. The molecule has 0 saturated heterocycles. The van der Waals surface area contributed by atoms with Gasteiger partial charge in [-0.3, -0.25) is 4.72 Å². The van der Waals surface area contributed by atoms with Gasteiger partial charge in [-0.2, -0.15) is 0 Å². The van der Waals surface area contributed by atoms with Crippen LogP contribution in [0, 0.1) is 6.92 Å². The van der Waals surface area contributed by atoms with E-state index in [9.17, 15) is 8.42 Å². The third-order valence-corrected chi connectivity index (χ3v) is 5.49. The molecule has 0 spiro atoms. The van der Waals surface area contributed by atoms with Gasteiger partial charge in [0, 0.05) is 27.7 Å². The number of nitrogens with one attached hydrogen (secondary N) is 2. The molecule has 1 heterocycles. The van der Waals surface area contributed by atoms with Crippen LogP contribution in [0.3, 0.4) is 0 Å². The fourth-order valence-corrected chi connectivity index (χ4v) is 4.26. The Labute approximate surface area is 163 Å². The van der Waals surface area contributed by atoms with E-state index in [1.807, 2.05) is 55.5 Å². The van der Waals surface area contributed by atoms with Crippen molar-refractivity contribution < 1.29 is 8.42 Å². The molecule has 2 N–H and O–H groups in total. The van der Waals surface area contributed by atoms with Crippen LogP contribution in [0.25, 0.3) is 21.7 Å². The number of rotatable bonds is 3. The van der Waals surface area contributed by atoms with E-state index >= 15 is 0 Å². The van der Waals surface area contributed by atoms with Crippen LogP contribution in [0.2, 0.25) is 0 Å². The first kappa shape index (κ1) is 17.8. The second kappa shape index (κ2) is 6.68. The number of benzene rings is 3. The predicted molar refractivity (Wildman–Crippen MR) is 113 cm³/mol. The first-order chi connectivity index (χ1) is 11.5. The highest BCUT2D eigenvalue weighted by atomic mass is 127. The smallest absolute Gasteiger partial charge is 0.262 e. The molecule has 0 aliphatic carbocycles. The first-order valence-electron chi connectivity index (χ1n) is 7.63. The van der Waals surface area contributed by atoms with Crippen LogP contribution in [0.15, 0.2) is 71.6 Å². The minimum Gasteiger partial charge on any atom is -0.359 e. The minimum absolute atomic E-state index is 0. The number of hydrogen-bond acceptors (Lipinski definition) is 2. The molecule has 0 bridgehead atoms. The quantitative estimate of drug-likeness (QED) is 0.417. The Morgan fingerprint density at radius 2 is 1.64 bits per heavy atom. The Morgan fingerprint density at radius 1 is 0.880 bits per heavy atom. The Hall–Kier alpha value is -2.06. The van der Waals surface area contributed by atoms with Gasteiger partial charge in [0.15, 0.2) is 0 Å². The van der Waals surface area contributed by atoms with E-state index in [4.69, 9.17) is 0 Å². The molecule has 0 atom stereocenters. The zero-order chi connectivity index (χ0) is 16.7. The zero-order valence-corrected chi connectivity index (χ0v) is 16.6. The summed E-state index contributed by atoms with van der Waals surface area (Å²) in [4.78, 5) is 3.51. The fraction of sp³-hybridized carbons (Fsp3) is 0.0526. The van der Waals surface area contributed by atoms with Gasteiger partial charge in [0.25, 0.3) is 10.0 Å². The summed E-state index contributed by atoms with van der Waals surface area (Å²) in [7, 11) is -3.66. The minimum atomic E-state index is -3.66. The summed E-state index contributed by atoms with van der Waals surface area (Å²) in [6, 6.07) is 20.2. The highest BCUT2D eigenvalue weighted by Crippen LogP contribution is 2.26. The molecule has 0 unspecified atom stereocenters. The van der Waals surface area contributed by atoms with Crippen molar-refractivity contribution in [3.05, 3.63) is 72.4 Å². The second-order valence-corrected chi connectivity index (χ2v) is 7.49. The topological polar surface area (TPSA) is 62.0 Å². The van der Waals surface area contributed by atoms with Crippen molar-refractivity contribution in [1.29, 1.82) is 0 Å². The molecular formula is C19H17IN2O2S. The molecular weight excluding hydrogens is 447 g/mol. The van der Waals surface area contributed by atoms with Gasteiger partial charge < -0.3 is 4.98 Å². The number of aryl methyl sites for hydroxylation is 1. The second-order valence-electron chi connectivity index (χ2n) is 5.84. The lowest BCUT2D eigenvalue weighted by Gasteiger charge is -2.10. The Bertz CT molecular complexity index is 1160. The van der Waals surface area contributed by atoms with E-state index in [0.717, 1.165) is 22.0 Å². The van der Waals surface area contributed by atoms with Gasteiger partial charge in [-0.1, -0.05) is 36.4 Å². The molecule has 25 heavy (non-hydrogen) atoms. The van der Waals surface area contributed by atoms with Gasteiger partial charge >= 0.3 is 0 Å². The van der Waals surface area contributed by atoms with Crippen molar-refractivity contribution in [3.8, 4) is 0 Å². The lowest BCUT2D eigenvalue weighted by molar-refractivity contribution is 0.602. The van der Waals surface area contributed by atoms with E-state index < -0.39 is 10.0 Å². The maximum atomic E-state index is 12.8. The SMILES string of the molecule is Cc1cc2cc(NS(=O)(=O)c3cccc4ccccc34)ccc2[nH]1.I.